The van der Waals surface area contributed by atoms with Crippen LogP contribution in [0.25, 0.3) is 4.85 Å². The molecule has 0 unspecified atom stereocenters. The second-order valence-corrected chi connectivity index (χ2v) is 2.91. The Morgan fingerprint density at radius 1 is 1.44 bits per heavy atom. The molecule has 4 nitrogen and oxygen atoms in total. The SMILES string of the molecule is [C-]#[N+]Cc1ccc(C(F)(F)F)cc1[N+](=O)[O-]. The summed E-state index contributed by atoms with van der Waals surface area (Å²) in [4.78, 5) is 12.5. The first kappa shape index (κ1) is 12.0. The van der Waals surface area contributed by atoms with Crippen molar-refractivity contribution < 1.29 is 18.1 Å². The maximum Gasteiger partial charge on any atom is 0.416 e. The second kappa shape index (κ2) is 4.18. The largest absolute Gasteiger partial charge is 0.416 e. The molecule has 0 spiro atoms. The fraction of sp³-hybridized carbons (Fsp3) is 0.222. The summed E-state index contributed by atoms with van der Waals surface area (Å²) in [5.74, 6) is 0. The summed E-state index contributed by atoms with van der Waals surface area (Å²) in [5.41, 5.74) is -1.79. The van der Waals surface area contributed by atoms with Crippen LogP contribution < -0.4 is 0 Å². The van der Waals surface area contributed by atoms with Gasteiger partial charge >= 0.3 is 6.18 Å². The third-order valence-corrected chi connectivity index (χ3v) is 1.86. The van der Waals surface area contributed by atoms with E-state index in [-0.39, 0.29) is 12.1 Å². The Balaban J connectivity index is 3.29. The zero-order valence-electron chi connectivity index (χ0n) is 7.78. The highest BCUT2D eigenvalue weighted by Gasteiger charge is 2.33. The van der Waals surface area contributed by atoms with Crippen LogP contribution in [-0.4, -0.2) is 4.92 Å². The van der Waals surface area contributed by atoms with E-state index in [1.807, 2.05) is 0 Å². The topological polar surface area (TPSA) is 47.5 Å². The molecule has 1 rings (SSSR count). The summed E-state index contributed by atoms with van der Waals surface area (Å²) in [6, 6.07) is 2.13. The first-order chi connectivity index (χ1) is 7.36. The van der Waals surface area contributed by atoms with Gasteiger partial charge in [-0.3, -0.25) is 10.1 Å². The first-order valence-corrected chi connectivity index (χ1v) is 4.04. The number of rotatable bonds is 2. The van der Waals surface area contributed by atoms with E-state index in [2.05, 4.69) is 4.85 Å². The minimum absolute atomic E-state index is 0.0204. The fourth-order valence-corrected chi connectivity index (χ4v) is 1.13. The predicted octanol–water partition coefficient (Wildman–Crippen LogP) is 3.03. The van der Waals surface area contributed by atoms with E-state index in [0.717, 1.165) is 12.1 Å². The number of benzene rings is 1. The smallest absolute Gasteiger partial charge is 0.311 e. The van der Waals surface area contributed by atoms with Crippen molar-refractivity contribution >= 4 is 5.69 Å². The summed E-state index contributed by atoms with van der Waals surface area (Å²) in [6.07, 6.45) is -4.62. The van der Waals surface area contributed by atoms with Crippen LogP contribution >= 0.6 is 0 Å². The van der Waals surface area contributed by atoms with Gasteiger partial charge in [-0.15, -0.1) is 0 Å². The average Bonchev–Trinajstić information content (AvgIpc) is 2.16. The van der Waals surface area contributed by atoms with Crippen LogP contribution in [0.5, 0.6) is 0 Å². The van der Waals surface area contributed by atoms with Gasteiger partial charge in [0.05, 0.1) is 10.5 Å². The van der Waals surface area contributed by atoms with E-state index in [1.54, 1.807) is 0 Å². The number of nitrogens with zero attached hydrogens (tertiary/aromatic N) is 2. The number of nitro benzene ring substituents is 1. The molecule has 0 saturated heterocycles. The van der Waals surface area contributed by atoms with E-state index < -0.39 is 22.4 Å². The number of hydrogen-bond acceptors (Lipinski definition) is 2. The fourth-order valence-electron chi connectivity index (χ4n) is 1.13. The van der Waals surface area contributed by atoms with Gasteiger partial charge in [0, 0.05) is 6.07 Å². The lowest BCUT2D eigenvalue weighted by atomic mass is 10.1. The van der Waals surface area contributed by atoms with Crippen LogP contribution in [0.1, 0.15) is 11.1 Å². The molecule has 0 aliphatic heterocycles. The Labute approximate surface area is 88.3 Å². The Bertz CT molecular complexity index is 463. The van der Waals surface area contributed by atoms with Gasteiger partial charge in [0.2, 0.25) is 6.54 Å². The monoisotopic (exact) mass is 230 g/mol. The van der Waals surface area contributed by atoms with Crippen molar-refractivity contribution in [2.24, 2.45) is 0 Å². The van der Waals surface area contributed by atoms with Crippen LogP contribution in [-0.2, 0) is 12.7 Å². The lowest BCUT2D eigenvalue weighted by molar-refractivity contribution is -0.385. The van der Waals surface area contributed by atoms with Gasteiger partial charge in [0.25, 0.3) is 5.69 Å². The molecule has 0 aliphatic rings. The Kier molecular flexibility index (Phi) is 3.13. The number of hydrogen-bond donors (Lipinski definition) is 0. The van der Waals surface area contributed by atoms with Crippen LogP contribution in [0.2, 0.25) is 0 Å². The standard InChI is InChI=1S/C9H5F3N2O2/c1-13-5-6-2-3-7(9(10,11)12)4-8(6)14(15)16/h2-4H,5H2. The van der Waals surface area contributed by atoms with Crippen molar-refractivity contribution in [1.29, 1.82) is 0 Å². The molecule has 0 saturated carbocycles. The van der Waals surface area contributed by atoms with Crippen molar-refractivity contribution in [3.63, 3.8) is 0 Å². The van der Waals surface area contributed by atoms with Crippen molar-refractivity contribution in [1.82, 2.24) is 0 Å². The lowest BCUT2D eigenvalue weighted by Gasteiger charge is -2.06. The Hall–Kier alpha value is -2.10. The van der Waals surface area contributed by atoms with Crippen LogP contribution in [0.4, 0.5) is 18.9 Å². The molecule has 1 aromatic rings. The average molecular weight is 230 g/mol. The van der Waals surface area contributed by atoms with Gasteiger partial charge in [0.15, 0.2) is 0 Å². The minimum atomic E-state index is -4.62. The van der Waals surface area contributed by atoms with Gasteiger partial charge < -0.3 is 4.85 Å². The Morgan fingerprint density at radius 3 is 2.50 bits per heavy atom. The van der Waals surface area contributed by atoms with Gasteiger partial charge in [-0.05, 0) is 12.1 Å². The number of halogens is 3. The van der Waals surface area contributed by atoms with Gasteiger partial charge in [-0.25, -0.2) is 6.57 Å². The highest BCUT2D eigenvalue weighted by atomic mass is 19.4. The molecule has 0 radical (unpaired) electrons. The molecule has 16 heavy (non-hydrogen) atoms. The molecule has 0 N–H and O–H groups in total. The molecule has 7 heteroatoms. The van der Waals surface area contributed by atoms with Crippen LogP contribution in [0.3, 0.4) is 0 Å². The molecule has 0 aliphatic carbocycles. The normalized spacial score (nSPS) is 10.9. The van der Waals surface area contributed by atoms with Crippen molar-refractivity contribution in [2.75, 3.05) is 0 Å². The summed E-state index contributed by atoms with van der Waals surface area (Å²) in [7, 11) is 0. The zero-order chi connectivity index (χ0) is 12.3. The summed E-state index contributed by atoms with van der Waals surface area (Å²) in [5, 5.41) is 10.5. The maximum atomic E-state index is 12.3. The molecule has 84 valence electrons. The van der Waals surface area contributed by atoms with E-state index in [4.69, 9.17) is 6.57 Å². The van der Waals surface area contributed by atoms with Gasteiger partial charge in [0.1, 0.15) is 5.56 Å². The highest BCUT2D eigenvalue weighted by Crippen LogP contribution is 2.33. The molecule has 0 heterocycles. The van der Waals surface area contributed by atoms with Gasteiger partial charge in [-0.2, -0.15) is 13.2 Å². The number of nitro groups is 1. The van der Waals surface area contributed by atoms with Crippen molar-refractivity contribution in [2.45, 2.75) is 12.7 Å². The highest BCUT2D eigenvalue weighted by molar-refractivity contribution is 5.44. The zero-order valence-corrected chi connectivity index (χ0v) is 7.78. The van der Waals surface area contributed by atoms with E-state index in [0.29, 0.717) is 6.07 Å². The molecule has 1 aromatic carbocycles. The minimum Gasteiger partial charge on any atom is -0.311 e. The summed E-state index contributed by atoms with van der Waals surface area (Å²) in [6.45, 7) is 6.22. The molecule has 0 aromatic heterocycles. The first-order valence-electron chi connectivity index (χ1n) is 4.04. The molecule has 0 amide bonds. The third-order valence-electron chi connectivity index (χ3n) is 1.86. The Morgan fingerprint density at radius 2 is 2.06 bits per heavy atom. The second-order valence-electron chi connectivity index (χ2n) is 2.91. The predicted molar refractivity (Wildman–Crippen MR) is 48.4 cm³/mol. The molecule has 0 fully saturated rings. The molecule has 0 atom stereocenters. The van der Waals surface area contributed by atoms with E-state index >= 15 is 0 Å². The number of alkyl halides is 3. The summed E-state index contributed by atoms with van der Waals surface area (Å²) < 4.78 is 36.8. The molecular weight excluding hydrogens is 225 g/mol. The maximum absolute atomic E-state index is 12.3. The molecule has 0 bridgehead atoms. The van der Waals surface area contributed by atoms with Crippen molar-refractivity contribution in [3.05, 3.63) is 50.9 Å². The quantitative estimate of drug-likeness (QED) is 0.445. The third kappa shape index (κ3) is 2.48. The lowest BCUT2D eigenvalue weighted by Crippen LogP contribution is -2.06. The van der Waals surface area contributed by atoms with E-state index in [1.165, 1.54) is 0 Å². The summed E-state index contributed by atoms with van der Waals surface area (Å²) >= 11 is 0. The molecular formula is C9H5F3N2O2. The van der Waals surface area contributed by atoms with E-state index in [9.17, 15) is 23.3 Å². The van der Waals surface area contributed by atoms with Crippen LogP contribution in [0.15, 0.2) is 18.2 Å². The van der Waals surface area contributed by atoms with Crippen molar-refractivity contribution in [3.8, 4) is 0 Å². The van der Waals surface area contributed by atoms with Gasteiger partial charge in [-0.1, -0.05) is 0 Å². The van der Waals surface area contributed by atoms with Crippen LogP contribution in [0, 0.1) is 16.7 Å².